The summed E-state index contributed by atoms with van der Waals surface area (Å²) in [5.41, 5.74) is 6.71. The van der Waals surface area contributed by atoms with Crippen molar-refractivity contribution >= 4 is 15.5 Å². The van der Waals surface area contributed by atoms with Gasteiger partial charge >= 0.3 is 0 Å². The number of hydrogen-bond acceptors (Lipinski definition) is 5. The van der Waals surface area contributed by atoms with E-state index in [0.717, 1.165) is 5.69 Å². The second-order valence-corrected chi connectivity index (χ2v) is 7.02. The van der Waals surface area contributed by atoms with Crippen LogP contribution in [0.25, 0.3) is 0 Å². The van der Waals surface area contributed by atoms with Crippen LogP contribution < -0.4 is 11.1 Å². The summed E-state index contributed by atoms with van der Waals surface area (Å²) in [4.78, 5) is 4.17. The van der Waals surface area contributed by atoms with Gasteiger partial charge in [0.05, 0.1) is 29.1 Å². The van der Waals surface area contributed by atoms with Gasteiger partial charge < -0.3 is 11.1 Å². The molecular formula is C11H17N3O2S. The van der Waals surface area contributed by atoms with Gasteiger partial charge in [0, 0.05) is 12.1 Å². The normalized spacial score (nSPS) is 27.1. The predicted molar refractivity (Wildman–Crippen MR) is 67.2 cm³/mol. The second kappa shape index (κ2) is 4.27. The molecule has 0 aromatic carbocycles. The molecule has 0 saturated carbocycles. The van der Waals surface area contributed by atoms with Crippen LogP contribution in [0.5, 0.6) is 0 Å². The molecule has 1 aliphatic rings. The van der Waals surface area contributed by atoms with E-state index in [1.165, 1.54) is 0 Å². The van der Waals surface area contributed by atoms with Gasteiger partial charge in [-0.15, -0.1) is 0 Å². The Bertz CT molecular complexity index is 498. The first-order valence-corrected chi connectivity index (χ1v) is 7.37. The maximum atomic E-state index is 11.4. The largest absolute Gasteiger partial charge is 0.397 e. The molecule has 2 rings (SSSR count). The minimum absolute atomic E-state index is 0.203. The fraction of sp³-hybridized carbons (Fsp3) is 0.545. The standard InChI is InChI=1S/C11H17N3O2S/c1-11(4-5-17(15,16)8-11)14-7-10-3-2-9(12)6-13-10/h2-3,6,14H,4-5,7-8,12H2,1H3. The highest BCUT2D eigenvalue weighted by Crippen LogP contribution is 2.23. The van der Waals surface area contributed by atoms with Crippen LogP contribution in [-0.2, 0) is 16.4 Å². The van der Waals surface area contributed by atoms with Crippen molar-refractivity contribution in [3.63, 3.8) is 0 Å². The van der Waals surface area contributed by atoms with Crippen LogP contribution in [0.3, 0.4) is 0 Å². The van der Waals surface area contributed by atoms with Crippen LogP contribution in [0.4, 0.5) is 5.69 Å². The molecule has 1 aromatic rings. The van der Waals surface area contributed by atoms with Crippen molar-refractivity contribution in [1.82, 2.24) is 10.3 Å². The monoisotopic (exact) mass is 255 g/mol. The van der Waals surface area contributed by atoms with Gasteiger partial charge in [0.25, 0.3) is 0 Å². The van der Waals surface area contributed by atoms with Crippen LogP contribution in [0.15, 0.2) is 18.3 Å². The summed E-state index contributed by atoms with van der Waals surface area (Å²) in [6.07, 6.45) is 2.26. The third-order valence-corrected chi connectivity index (χ3v) is 4.95. The van der Waals surface area contributed by atoms with Gasteiger partial charge in [-0.25, -0.2) is 8.42 Å². The van der Waals surface area contributed by atoms with E-state index in [1.54, 1.807) is 12.3 Å². The molecule has 0 amide bonds. The number of nitrogens with two attached hydrogens (primary N) is 1. The van der Waals surface area contributed by atoms with Gasteiger partial charge in [-0.1, -0.05) is 0 Å². The third-order valence-electron chi connectivity index (χ3n) is 3.05. The van der Waals surface area contributed by atoms with Crippen molar-refractivity contribution in [2.75, 3.05) is 17.2 Å². The molecule has 0 spiro atoms. The first-order chi connectivity index (χ1) is 7.89. The Morgan fingerprint density at radius 1 is 1.53 bits per heavy atom. The lowest BCUT2D eigenvalue weighted by atomic mass is 10.0. The molecule has 1 atom stereocenters. The maximum absolute atomic E-state index is 11.4. The highest BCUT2D eigenvalue weighted by atomic mass is 32.2. The highest BCUT2D eigenvalue weighted by Gasteiger charge is 2.37. The summed E-state index contributed by atoms with van der Waals surface area (Å²) in [6, 6.07) is 3.63. The molecule has 1 aliphatic heterocycles. The number of aromatic nitrogens is 1. The number of hydrogen-bond donors (Lipinski definition) is 2. The zero-order valence-corrected chi connectivity index (χ0v) is 10.6. The predicted octanol–water partition coefficient (Wildman–Crippen LogP) is 0.331. The van der Waals surface area contributed by atoms with Crippen LogP contribution in [0, 0.1) is 0 Å². The Morgan fingerprint density at radius 3 is 2.82 bits per heavy atom. The van der Waals surface area contributed by atoms with Gasteiger partial charge in [0.15, 0.2) is 9.84 Å². The van der Waals surface area contributed by atoms with E-state index in [-0.39, 0.29) is 17.0 Å². The maximum Gasteiger partial charge on any atom is 0.152 e. The summed E-state index contributed by atoms with van der Waals surface area (Å²) >= 11 is 0. The molecule has 5 nitrogen and oxygen atoms in total. The Hall–Kier alpha value is -1.14. The summed E-state index contributed by atoms with van der Waals surface area (Å²) < 4.78 is 22.9. The number of nitrogens with zero attached hydrogens (tertiary/aromatic N) is 1. The highest BCUT2D eigenvalue weighted by molar-refractivity contribution is 7.91. The first kappa shape index (κ1) is 12.3. The Morgan fingerprint density at radius 2 is 2.29 bits per heavy atom. The minimum Gasteiger partial charge on any atom is -0.397 e. The van der Waals surface area contributed by atoms with E-state index in [4.69, 9.17) is 5.73 Å². The van der Waals surface area contributed by atoms with Crippen LogP contribution >= 0.6 is 0 Å². The zero-order chi connectivity index (χ0) is 12.5. The lowest BCUT2D eigenvalue weighted by Gasteiger charge is -2.23. The van der Waals surface area contributed by atoms with Gasteiger partial charge in [-0.3, -0.25) is 4.98 Å². The summed E-state index contributed by atoms with van der Waals surface area (Å²) in [5.74, 6) is 0.473. The average Bonchev–Trinajstić information content (AvgIpc) is 2.53. The molecule has 1 saturated heterocycles. The van der Waals surface area contributed by atoms with Gasteiger partial charge in [0.2, 0.25) is 0 Å². The molecular weight excluding hydrogens is 238 g/mol. The van der Waals surface area contributed by atoms with E-state index >= 15 is 0 Å². The lowest BCUT2D eigenvalue weighted by molar-refractivity contribution is 0.393. The Balaban J connectivity index is 1.97. The van der Waals surface area contributed by atoms with Gasteiger partial charge in [-0.05, 0) is 25.5 Å². The molecule has 17 heavy (non-hydrogen) atoms. The molecule has 94 valence electrons. The number of nitrogens with one attached hydrogen (secondary N) is 1. The minimum atomic E-state index is -2.87. The number of sulfone groups is 1. The molecule has 2 heterocycles. The van der Waals surface area contributed by atoms with E-state index < -0.39 is 9.84 Å². The summed E-state index contributed by atoms with van der Waals surface area (Å²) in [6.45, 7) is 2.50. The zero-order valence-electron chi connectivity index (χ0n) is 9.81. The van der Waals surface area contributed by atoms with Crippen LogP contribution in [-0.4, -0.2) is 30.4 Å². The average molecular weight is 255 g/mol. The number of anilines is 1. The Kier molecular flexibility index (Phi) is 3.09. The van der Waals surface area contributed by atoms with Crippen LogP contribution in [0.2, 0.25) is 0 Å². The van der Waals surface area contributed by atoms with Crippen LogP contribution in [0.1, 0.15) is 19.0 Å². The molecule has 0 bridgehead atoms. The van der Waals surface area contributed by atoms with E-state index in [1.807, 2.05) is 13.0 Å². The van der Waals surface area contributed by atoms with Crippen molar-refractivity contribution in [1.29, 1.82) is 0 Å². The smallest absolute Gasteiger partial charge is 0.152 e. The molecule has 0 radical (unpaired) electrons. The van der Waals surface area contributed by atoms with Gasteiger partial charge in [0.1, 0.15) is 0 Å². The van der Waals surface area contributed by atoms with Crippen molar-refractivity contribution in [3.05, 3.63) is 24.0 Å². The topological polar surface area (TPSA) is 85.1 Å². The second-order valence-electron chi connectivity index (χ2n) is 4.84. The lowest BCUT2D eigenvalue weighted by Crippen LogP contribution is -2.42. The molecule has 3 N–H and O–H groups in total. The van der Waals surface area contributed by atoms with Crippen molar-refractivity contribution in [2.45, 2.75) is 25.4 Å². The molecule has 1 unspecified atom stereocenters. The number of rotatable bonds is 3. The van der Waals surface area contributed by atoms with E-state index in [2.05, 4.69) is 10.3 Å². The third kappa shape index (κ3) is 3.17. The van der Waals surface area contributed by atoms with E-state index in [9.17, 15) is 8.42 Å². The number of pyridine rings is 1. The number of nitrogen functional groups attached to an aromatic ring is 1. The fourth-order valence-electron chi connectivity index (χ4n) is 1.99. The quantitative estimate of drug-likeness (QED) is 0.813. The van der Waals surface area contributed by atoms with Crippen molar-refractivity contribution in [3.8, 4) is 0 Å². The first-order valence-electron chi connectivity index (χ1n) is 5.54. The molecule has 1 fully saturated rings. The Labute approximate surface area is 101 Å². The molecule has 1 aromatic heterocycles. The molecule has 0 aliphatic carbocycles. The van der Waals surface area contributed by atoms with Crippen molar-refractivity contribution < 1.29 is 8.42 Å². The summed E-state index contributed by atoms with van der Waals surface area (Å²) in [7, 11) is -2.87. The summed E-state index contributed by atoms with van der Waals surface area (Å²) in [5, 5.41) is 3.27. The SMILES string of the molecule is CC1(NCc2ccc(N)cn2)CCS(=O)(=O)C1. The van der Waals surface area contributed by atoms with E-state index in [0.29, 0.717) is 18.7 Å². The van der Waals surface area contributed by atoms with Crippen molar-refractivity contribution in [2.24, 2.45) is 0 Å². The fourth-order valence-corrected chi connectivity index (χ4v) is 4.12. The van der Waals surface area contributed by atoms with Gasteiger partial charge in [-0.2, -0.15) is 0 Å². The molecule has 6 heteroatoms.